The lowest BCUT2D eigenvalue weighted by molar-refractivity contribution is -0.922. The SMILES string of the molecule is CCOC[N+](C)(C)Cc1cc(N=Nc2ccc(C)cc2)ccc1O. The number of azo groups is 1. The monoisotopic (exact) mass is 328 g/mol. The fourth-order valence-corrected chi connectivity index (χ4v) is 2.33. The molecule has 1 N–H and O–H groups in total. The Morgan fingerprint density at radius 1 is 1.00 bits per heavy atom. The van der Waals surface area contributed by atoms with E-state index in [1.807, 2.05) is 44.2 Å². The molecule has 0 unspecified atom stereocenters. The molecule has 2 aromatic carbocycles. The quantitative estimate of drug-likeness (QED) is 0.455. The van der Waals surface area contributed by atoms with Crippen molar-refractivity contribution in [3.63, 3.8) is 0 Å². The number of benzene rings is 2. The molecule has 0 fully saturated rings. The molecule has 0 radical (unpaired) electrons. The highest BCUT2D eigenvalue weighted by Gasteiger charge is 2.18. The second-order valence-electron chi connectivity index (χ2n) is 6.56. The van der Waals surface area contributed by atoms with E-state index in [2.05, 4.69) is 24.3 Å². The largest absolute Gasteiger partial charge is 0.507 e. The van der Waals surface area contributed by atoms with Gasteiger partial charge in [-0.2, -0.15) is 10.2 Å². The number of aryl methyl sites for hydroxylation is 1. The van der Waals surface area contributed by atoms with Crippen molar-refractivity contribution in [3.8, 4) is 5.75 Å². The number of ether oxygens (including phenoxy) is 1. The van der Waals surface area contributed by atoms with Gasteiger partial charge in [0.1, 0.15) is 12.3 Å². The first-order valence-corrected chi connectivity index (χ1v) is 8.10. The average Bonchev–Trinajstić information content (AvgIpc) is 2.55. The molecule has 0 aliphatic carbocycles. The second kappa shape index (κ2) is 8.04. The van der Waals surface area contributed by atoms with Gasteiger partial charge in [0, 0.05) is 6.61 Å². The van der Waals surface area contributed by atoms with E-state index in [-0.39, 0.29) is 5.75 Å². The van der Waals surface area contributed by atoms with Gasteiger partial charge in [-0.05, 0) is 44.2 Å². The third-order valence-electron chi connectivity index (χ3n) is 3.62. The summed E-state index contributed by atoms with van der Waals surface area (Å²) in [7, 11) is 4.13. The van der Waals surface area contributed by atoms with Crippen LogP contribution in [0.3, 0.4) is 0 Å². The number of phenols is 1. The van der Waals surface area contributed by atoms with E-state index in [1.54, 1.807) is 12.1 Å². The zero-order valence-electron chi connectivity index (χ0n) is 14.9. The first kappa shape index (κ1) is 18.1. The molecule has 0 atom stereocenters. The second-order valence-corrected chi connectivity index (χ2v) is 6.56. The van der Waals surface area contributed by atoms with Gasteiger partial charge < -0.3 is 14.3 Å². The van der Waals surface area contributed by atoms with Crippen molar-refractivity contribution in [2.75, 3.05) is 27.4 Å². The summed E-state index contributed by atoms with van der Waals surface area (Å²) in [5.74, 6) is 0.270. The highest BCUT2D eigenvalue weighted by Crippen LogP contribution is 2.27. The van der Waals surface area contributed by atoms with Gasteiger partial charge >= 0.3 is 0 Å². The van der Waals surface area contributed by atoms with E-state index < -0.39 is 0 Å². The van der Waals surface area contributed by atoms with Crippen LogP contribution in [0.2, 0.25) is 0 Å². The fourth-order valence-electron chi connectivity index (χ4n) is 2.33. The summed E-state index contributed by atoms with van der Waals surface area (Å²) in [6.45, 7) is 5.93. The van der Waals surface area contributed by atoms with Gasteiger partial charge in [-0.1, -0.05) is 17.7 Å². The molecule has 0 amide bonds. The number of phenolic OH excluding ortho intramolecular Hbond substituents is 1. The van der Waals surface area contributed by atoms with Gasteiger partial charge in [-0.25, -0.2) is 0 Å². The standard InChI is InChI=1S/C19H25N3O2/c1-5-24-14-22(3,4)13-16-12-18(10-11-19(16)23)21-20-17-8-6-15(2)7-9-17/h6-12H,5,13-14H2,1-4H3/p+1. The van der Waals surface area contributed by atoms with Crippen LogP contribution in [0.1, 0.15) is 18.1 Å². The number of quaternary nitrogens is 1. The van der Waals surface area contributed by atoms with Crippen LogP contribution in [0.25, 0.3) is 0 Å². The van der Waals surface area contributed by atoms with Gasteiger partial charge in [0.2, 0.25) is 0 Å². The Bertz CT molecular complexity index is 694. The number of rotatable bonds is 7. The summed E-state index contributed by atoms with van der Waals surface area (Å²) < 4.78 is 6.13. The van der Waals surface area contributed by atoms with Gasteiger partial charge in [0.05, 0.1) is 31.0 Å². The zero-order chi connectivity index (χ0) is 17.6. The number of hydrogen-bond donors (Lipinski definition) is 1. The van der Waals surface area contributed by atoms with Crippen LogP contribution in [0.5, 0.6) is 5.75 Å². The van der Waals surface area contributed by atoms with E-state index >= 15 is 0 Å². The lowest BCUT2D eigenvalue weighted by atomic mass is 10.1. The lowest BCUT2D eigenvalue weighted by Crippen LogP contribution is -2.40. The van der Waals surface area contributed by atoms with Crippen LogP contribution < -0.4 is 0 Å². The molecule has 0 aliphatic heterocycles. The molecule has 5 heteroatoms. The number of nitrogens with zero attached hydrogens (tertiary/aromatic N) is 3. The van der Waals surface area contributed by atoms with E-state index in [4.69, 9.17) is 4.74 Å². The topological polar surface area (TPSA) is 54.2 Å². The van der Waals surface area contributed by atoms with Crippen molar-refractivity contribution in [1.29, 1.82) is 0 Å². The molecule has 2 rings (SSSR count). The smallest absolute Gasteiger partial charge is 0.182 e. The highest BCUT2D eigenvalue weighted by atomic mass is 16.5. The van der Waals surface area contributed by atoms with Crippen molar-refractivity contribution in [3.05, 3.63) is 53.6 Å². The average molecular weight is 328 g/mol. The first-order chi connectivity index (χ1) is 11.4. The normalized spacial score (nSPS) is 12.0. The van der Waals surface area contributed by atoms with Crippen LogP contribution in [0.4, 0.5) is 11.4 Å². The van der Waals surface area contributed by atoms with Crippen LogP contribution in [0.15, 0.2) is 52.7 Å². The molecule has 0 aliphatic rings. The van der Waals surface area contributed by atoms with Crippen LogP contribution in [0, 0.1) is 6.92 Å². The van der Waals surface area contributed by atoms with E-state index in [0.717, 1.165) is 16.9 Å². The summed E-state index contributed by atoms with van der Waals surface area (Å²) in [5.41, 5.74) is 3.55. The minimum atomic E-state index is 0.270. The van der Waals surface area contributed by atoms with E-state index in [0.29, 0.717) is 24.4 Å². The Morgan fingerprint density at radius 2 is 1.62 bits per heavy atom. The molecule has 2 aromatic rings. The maximum Gasteiger partial charge on any atom is 0.182 e. The first-order valence-electron chi connectivity index (χ1n) is 8.10. The molecule has 0 saturated heterocycles. The van der Waals surface area contributed by atoms with Gasteiger partial charge in [0.15, 0.2) is 6.73 Å². The van der Waals surface area contributed by atoms with Gasteiger partial charge in [-0.15, -0.1) is 0 Å². The Labute approximate surface area is 143 Å². The number of aromatic hydroxyl groups is 1. The Morgan fingerprint density at radius 3 is 2.29 bits per heavy atom. The molecule has 5 nitrogen and oxygen atoms in total. The third-order valence-corrected chi connectivity index (χ3v) is 3.62. The molecule has 0 heterocycles. The molecular weight excluding hydrogens is 302 g/mol. The van der Waals surface area contributed by atoms with E-state index in [9.17, 15) is 5.11 Å². The van der Waals surface area contributed by atoms with Crippen molar-refractivity contribution in [1.82, 2.24) is 0 Å². The molecule has 0 bridgehead atoms. The fraction of sp³-hybridized carbons (Fsp3) is 0.368. The summed E-state index contributed by atoms with van der Waals surface area (Å²) >= 11 is 0. The predicted molar refractivity (Wildman–Crippen MR) is 95.8 cm³/mol. The number of hydrogen-bond acceptors (Lipinski definition) is 4. The van der Waals surface area contributed by atoms with Crippen molar-refractivity contribution in [2.24, 2.45) is 10.2 Å². The van der Waals surface area contributed by atoms with Crippen LogP contribution >= 0.6 is 0 Å². The minimum absolute atomic E-state index is 0.270. The van der Waals surface area contributed by atoms with Crippen molar-refractivity contribution < 1.29 is 14.3 Å². The van der Waals surface area contributed by atoms with Gasteiger partial charge in [-0.3, -0.25) is 0 Å². The Kier molecular flexibility index (Phi) is 6.06. The molecule has 0 saturated carbocycles. The highest BCUT2D eigenvalue weighted by molar-refractivity contribution is 5.47. The maximum atomic E-state index is 10.1. The van der Waals surface area contributed by atoms with Crippen molar-refractivity contribution >= 4 is 11.4 Å². The summed E-state index contributed by atoms with van der Waals surface area (Å²) in [4.78, 5) is 0. The third kappa shape index (κ3) is 5.44. The predicted octanol–water partition coefficient (Wildman–Crippen LogP) is 4.69. The Hall–Kier alpha value is -2.24. The van der Waals surface area contributed by atoms with Crippen LogP contribution in [-0.2, 0) is 11.3 Å². The molecule has 0 spiro atoms. The molecule has 24 heavy (non-hydrogen) atoms. The molecule has 128 valence electrons. The summed E-state index contributed by atoms with van der Waals surface area (Å²) in [6.07, 6.45) is 0. The zero-order valence-corrected chi connectivity index (χ0v) is 14.9. The maximum absolute atomic E-state index is 10.1. The molecular formula is C19H26N3O2+. The summed E-state index contributed by atoms with van der Waals surface area (Å²) in [5, 5.41) is 18.6. The minimum Gasteiger partial charge on any atom is -0.507 e. The molecule has 0 aromatic heterocycles. The summed E-state index contributed by atoms with van der Waals surface area (Å²) in [6, 6.07) is 13.2. The van der Waals surface area contributed by atoms with Gasteiger partial charge in [0.25, 0.3) is 0 Å². The lowest BCUT2D eigenvalue weighted by Gasteiger charge is -2.29. The van der Waals surface area contributed by atoms with Crippen LogP contribution in [-0.4, -0.2) is 37.0 Å². The Balaban J connectivity index is 2.14. The van der Waals surface area contributed by atoms with Crippen molar-refractivity contribution in [2.45, 2.75) is 20.4 Å². The van der Waals surface area contributed by atoms with E-state index in [1.165, 1.54) is 5.56 Å².